The van der Waals surface area contributed by atoms with Crippen LogP contribution >= 0.6 is 0 Å². The van der Waals surface area contributed by atoms with Crippen LogP contribution in [0.3, 0.4) is 0 Å². The van der Waals surface area contributed by atoms with Crippen LogP contribution in [0.5, 0.6) is 0 Å². The first-order chi connectivity index (χ1) is 14.1. The van der Waals surface area contributed by atoms with E-state index in [-0.39, 0.29) is 17.5 Å². The summed E-state index contributed by atoms with van der Waals surface area (Å²) in [5.74, 6) is 2.72. The van der Waals surface area contributed by atoms with E-state index in [4.69, 9.17) is 0 Å². The Labute approximate surface area is 176 Å². The summed E-state index contributed by atoms with van der Waals surface area (Å²) in [6, 6.07) is 3.76. The molecule has 0 aliphatic heterocycles. The van der Waals surface area contributed by atoms with Gasteiger partial charge in [0, 0.05) is 44.0 Å². The minimum atomic E-state index is -3.68. The largest absolute Gasteiger partial charge is 0.369 e. The zero-order chi connectivity index (χ0) is 22.1. The van der Waals surface area contributed by atoms with Gasteiger partial charge in [-0.05, 0) is 26.8 Å². The van der Waals surface area contributed by atoms with Gasteiger partial charge in [0.1, 0.15) is 17.5 Å². The first-order valence-corrected chi connectivity index (χ1v) is 11.2. The Bertz CT molecular complexity index is 1150. The number of anilines is 1. The van der Waals surface area contributed by atoms with Crippen LogP contribution in [0.15, 0.2) is 23.4 Å². The van der Waals surface area contributed by atoms with E-state index in [1.807, 2.05) is 33.8 Å². The van der Waals surface area contributed by atoms with Crippen molar-refractivity contribution in [2.24, 2.45) is 7.05 Å². The third kappa shape index (κ3) is 4.85. The lowest BCUT2D eigenvalue weighted by atomic mass is 10.2. The van der Waals surface area contributed by atoms with Gasteiger partial charge in [0.25, 0.3) is 10.0 Å². The normalized spacial score (nSPS) is 12.0. The molecule has 3 heterocycles. The molecule has 162 valence electrons. The molecule has 3 aromatic rings. The summed E-state index contributed by atoms with van der Waals surface area (Å²) in [6.07, 6.45) is 1.53. The maximum absolute atomic E-state index is 12.5. The van der Waals surface area contributed by atoms with E-state index in [2.05, 4.69) is 30.1 Å². The van der Waals surface area contributed by atoms with Gasteiger partial charge in [-0.2, -0.15) is 5.10 Å². The van der Waals surface area contributed by atoms with Crippen LogP contribution in [0.2, 0.25) is 0 Å². The molecule has 2 N–H and O–H groups in total. The van der Waals surface area contributed by atoms with Crippen LogP contribution in [-0.2, 0) is 17.1 Å². The number of imidazole rings is 1. The zero-order valence-corrected chi connectivity index (χ0v) is 18.9. The number of aromatic nitrogens is 6. The fourth-order valence-electron chi connectivity index (χ4n) is 3.18. The van der Waals surface area contributed by atoms with Crippen molar-refractivity contribution in [2.75, 3.05) is 18.4 Å². The van der Waals surface area contributed by atoms with Crippen LogP contribution < -0.4 is 10.0 Å². The smallest absolute Gasteiger partial charge is 0.259 e. The predicted octanol–water partition coefficient (Wildman–Crippen LogP) is 1.83. The van der Waals surface area contributed by atoms with Gasteiger partial charge >= 0.3 is 0 Å². The van der Waals surface area contributed by atoms with E-state index in [0.29, 0.717) is 24.0 Å². The van der Waals surface area contributed by atoms with Gasteiger partial charge in [0.2, 0.25) is 0 Å². The van der Waals surface area contributed by atoms with E-state index in [1.54, 1.807) is 29.3 Å². The summed E-state index contributed by atoms with van der Waals surface area (Å²) < 4.78 is 31.1. The number of aryl methyl sites for hydroxylation is 4. The highest BCUT2D eigenvalue weighted by Gasteiger charge is 2.20. The summed E-state index contributed by atoms with van der Waals surface area (Å²) in [7, 11) is -1.89. The van der Waals surface area contributed by atoms with Gasteiger partial charge in [-0.25, -0.2) is 32.8 Å². The summed E-state index contributed by atoms with van der Waals surface area (Å²) in [5, 5.41) is 7.61. The lowest BCUT2D eigenvalue weighted by Gasteiger charge is -2.10. The fourth-order valence-corrected chi connectivity index (χ4v) is 4.21. The molecule has 0 aliphatic rings. The molecule has 0 saturated carbocycles. The number of nitrogens with one attached hydrogen (secondary N) is 2. The first kappa shape index (κ1) is 21.9. The summed E-state index contributed by atoms with van der Waals surface area (Å²) in [5.41, 5.74) is 1.88. The van der Waals surface area contributed by atoms with E-state index >= 15 is 0 Å². The molecule has 0 aromatic carbocycles. The highest BCUT2D eigenvalue weighted by Crippen LogP contribution is 2.16. The Balaban J connectivity index is 1.64. The monoisotopic (exact) mass is 432 g/mol. The van der Waals surface area contributed by atoms with Gasteiger partial charge in [-0.3, -0.25) is 0 Å². The molecule has 0 aliphatic carbocycles. The molecule has 3 rings (SSSR count). The maximum atomic E-state index is 12.5. The van der Waals surface area contributed by atoms with Crippen LogP contribution in [0, 0.1) is 20.8 Å². The van der Waals surface area contributed by atoms with Gasteiger partial charge < -0.3 is 9.88 Å². The van der Waals surface area contributed by atoms with Crippen LogP contribution in [0.1, 0.15) is 42.8 Å². The molecule has 0 bridgehead atoms. The van der Waals surface area contributed by atoms with E-state index in [0.717, 1.165) is 17.2 Å². The van der Waals surface area contributed by atoms with E-state index in [1.165, 1.54) is 6.20 Å². The molecular formula is C19H28N8O2S. The molecule has 0 radical (unpaired) electrons. The topological polar surface area (TPSA) is 120 Å². The maximum Gasteiger partial charge on any atom is 0.259 e. The quantitative estimate of drug-likeness (QED) is 0.521. The lowest BCUT2D eigenvalue weighted by molar-refractivity contribution is 0.579. The number of nitrogens with zero attached hydrogens (tertiary/aromatic N) is 6. The number of rotatable bonds is 8. The number of sulfonamides is 1. The van der Waals surface area contributed by atoms with E-state index < -0.39 is 10.0 Å². The molecule has 0 atom stereocenters. The molecular weight excluding hydrogens is 404 g/mol. The van der Waals surface area contributed by atoms with Crippen LogP contribution in [-0.4, -0.2) is 50.8 Å². The Morgan fingerprint density at radius 3 is 2.40 bits per heavy atom. The second-order valence-electron chi connectivity index (χ2n) is 7.52. The molecule has 0 fully saturated rings. The molecule has 3 aromatic heterocycles. The average Bonchev–Trinajstić information content (AvgIpc) is 3.21. The van der Waals surface area contributed by atoms with Crippen LogP contribution in [0.25, 0.3) is 5.82 Å². The van der Waals surface area contributed by atoms with Crippen molar-refractivity contribution in [3.63, 3.8) is 0 Å². The van der Waals surface area contributed by atoms with Crippen LogP contribution in [0.4, 0.5) is 5.82 Å². The van der Waals surface area contributed by atoms with Crippen molar-refractivity contribution in [2.45, 2.75) is 45.6 Å². The minimum absolute atomic E-state index is 0.0263. The Morgan fingerprint density at radius 2 is 1.80 bits per heavy atom. The number of hydrogen-bond donors (Lipinski definition) is 2. The Hall–Kier alpha value is -2.79. The predicted molar refractivity (Wildman–Crippen MR) is 114 cm³/mol. The lowest BCUT2D eigenvalue weighted by Crippen LogP contribution is -2.29. The summed E-state index contributed by atoms with van der Waals surface area (Å²) in [6.45, 7) is 10.2. The molecule has 0 saturated heterocycles. The summed E-state index contributed by atoms with van der Waals surface area (Å²) in [4.78, 5) is 13.1. The molecule has 11 heteroatoms. The minimum Gasteiger partial charge on any atom is -0.369 e. The second kappa shape index (κ2) is 8.52. The highest BCUT2D eigenvalue weighted by molar-refractivity contribution is 7.89. The van der Waals surface area contributed by atoms with Gasteiger partial charge in [-0.1, -0.05) is 13.8 Å². The first-order valence-electron chi connectivity index (χ1n) is 9.73. The van der Waals surface area contributed by atoms with Gasteiger partial charge in [0.15, 0.2) is 10.8 Å². The van der Waals surface area contributed by atoms with Gasteiger partial charge in [0.05, 0.1) is 5.69 Å². The second-order valence-corrected chi connectivity index (χ2v) is 9.24. The Morgan fingerprint density at radius 1 is 1.07 bits per heavy atom. The SMILES string of the molecule is Cc1cc(C)n(-c2cc(NCCNS(=O)(=O)c3cn(C)c(C(C)C)n3)nc(C)n2)n1. The van der Waals surface area contributed by atoms with Gasteiger partial charge in [-0.15, -0.1) is 0 Å². The Kier molecular flexibility index (Phi) is 6.22. The molecule has 0 spiro atoms. The number of hydrogen-bond acceptors (Lipinski definition) is 7. The molecule has 0 amide bonds. The van der Waals surface area contributed by atoms with Crippen molar-refractivity contribution in [1.29, 1.82) is 0 Å². The van der Waals surface area contributed by atoms with Crippen molar-refractivity contribution < 1.29 is 8.42 Å². The third-order valence-electron chi connectivity index (χ3n) is 4.46. The third-order valence-corrected chi connectivity index (χ3v) is 5.79. The zero-order valence-electron chi connectivity index (χ0n) is 18.1. The average molecular weight is 433 g/mol. The van der Waals surface area contributed by atoms with Crippen molar-refractivity contribution in [3.05, 3.63) is 41.4 Å². The van der Waals surface area contributed by atoms with Crippen molar-refractivity contribution in [1.82, 2.24) is 34.0 Å². The molecule has 10 nitrogen and oxygen atoms in total. The standard InChI is InChI=1S/C19H28N8O2S/c1-12(2)19-24-18(11-26(19)6)30(28,29)21-8-7-20-16-10-17(23-15(5)22-16)27-14(4)9-13(3)25-27/h9-12,21H,7-8H2,1-6H3,(H,20,22,23). The van der Waals surface area contributed by atoms with Crippen molar-refractivity contribution in [3.8, 4) is 5.82 Å². The summed E-state index contributed by atoms with van der Waals surface area (Å²) >= 11 is 0. The fraction of sp³-hybridized carbons (Fsp3) is 0.474. The van der Waals surface area contributed by atoms with Crippen molar-refractivity contribution >= 4 is 15.8 Å². The highest BCUT2D eigenvalue weighted by atomic mass is 32.2. The molecule has 30 heavy (non-hydrogen) atoms. The van der Waals surface area contributed by atoms with E-state index in [9.17, 15) is 8.42 Å². The molecule has 0 unspecified atom stereocenters.